The van der Waals surface area contributed by atoms with Crippen molar-refractivity contribution in [1.29, 1.82) is 0 Å². The van der Waals surface area contributed by atoms with Gasteiger partial charge in [0.25, 0.3) is 0 Å². The van der Waals surface area contributed by atoms with E-state index in [1.807, 2.05) is 20.2 Å². The third kappa shape index (κ3) is 3.25. The quantitative estimate of drug-likeness (QED) is 0.788. The van der Waals surface area contributed by atoms with Crippen LogP contribution in [-0.2, 0) is 24.7 Å². The van der Waals surface area contributed by atoms with Gasteiger partial charge in [-0.1, -0.05) is 18.5 Å². The van der Waals surface area contributed by atoms with E-state index in [0.29, 0.717) is 17.9 Å². The number of ketones is 1. The SMILES string of the molecule is CCc1nn(C)c(CC(=O)CCSC)c1Cl. The highest BCUT2D eigenvalue weighted by atomic mass is 35.5. The Hall–Kier alpha value is -0.480. The van der Waals surface area contributed by atoms with Crippen molar-refractivity contribution in [2.75, 3.05) is 12.0 Å². The third-order valence-electron chi connectivity index (χ3n) is 2.45. The van der Waals surface area contributed by atoms with Gasteiger partial charge in [0, 0.05) is 19.9 Å². The van der Waals surface area contributed by atoms with Crippen LogP contribution < -0.4 is 0 Å². The second-order valence-corrected chi connectivity index (χ2v) is 5.01. The van der Waals surface area contributed by atoms with Crippen molar-refractivity contribution in [1.82, 2.24) is 9.78 Å². The number of rotatable bonds is 6. The van der Waals surface area contributed by atoms with Gasteiger partial charge in [-0.3, -0.25) is 9.48 Å². The summed E-state index contributed by atoms with van der Waals surface area (Å²) in [5, 5.41) is 4.94. The number of thioether (sulfide) groups is 1. The molecule has 0 fully saturated rings. The van der Waals surface area contributed by atoms with Gasteiger partial charge in [0.15, 0.2) is 0 Å². The Kier molecular flexibility index (Phi) is 5.35. The predicted octanol–water partition coefficient (Wildman–Crippen LogP) is 2.50. The lowest BCUT2D eigenvalue weighted by Crippen LogP contribution is -2.08. The van der Waals surface area contributed by atoms with Crippen LogP contribution in [0.3, 0.4) is 0 Å². The van der Waals surface area contributed by atoms with E-state index < -0.39 is 0 Å². The number of Topliss-reactive ketones (excluding diaryl/α,β-unsaturated/α-hetero) is 1. The zero-order valence-corrected chi connectivity index (χ0v) is 11.5. The van der Waals surface area contributed by atoms with E-state index in [1.54, 1.807) is 16.4 Å². The maximum Gasteiger partial charge on any atom is 0.139 e. The van der Waals surface area contributed by atoms with Crippen molar-refractivity contribution in [3.8, 4) is 0 Å². The lowest BCUT2D eigenvalue weighted by Gasteiger charge is -2.01. The highest BCUT2D eigenvalue weighted by Gasteiger charge is 2.15. The van der Waals surface area contributed by atoms with Gasteiger partial charge in [0.05, 0.1) is 16.4 Å². The Morgan fingerprint density at radius 2 is 2.25 bits per heavy atom. The highest BCUT2D eigenvalue weighted by molar-refractivity contribution is 7.98. The van der Waals surface area contributed by atoms with E-state index in [-0.39, 0.29) is 5.78 Å². The molecule has 0 aliphatic carbocycles. The summed E-state index contributed by atoms with van der Waals surface area (Å²) in [6.07, 6.45) is 3.79. The molecular weight excluding hydrogens is 244 g/mol. The summed E-state index contributed by atoms with van der Waals surface area (Å²) in [7, 11) is 1.84. The average molecular weight is 261 g/mol. The highest BCUT2D eigenvalue weighted by Crippen LogP contribution is 2.21. The van der Waals surface area contributed by atoms with Crippen molar-refractivity contribution < 1.29 is 4.79 Å². The summed E-state index contributed by atoms with van der Waals surface area (Å²) < 4.78 is 1.72. The smallest absolute Gasteiger partial charge is 0.139 e. The molecular formula is C11H17ClN2OS. The van der Waals surface area contributed by atoms with Crippen LogP contribution in [0.4, 0.5) is 0 Å². The van der Waals surface area contributed by atoms with E-state index in [0.717, 1.165) is 23.6 Å². The molecule has 0 aliphatic rings. The summed E-state index contributed by atoms with van der Waals surface area (Å²) in [6.45, 7) is 2.01. The molecule has 90 valence electrons. The molecule has 0 saturated carbocycles. The Morgan fingerprint density at radius 1 is 1.56 bits per heavy atom. The maximum atomic E-state index is 11.7. The van der Waals surface area contributed by atoms with Crippen LogP contribution in [0.1, 0.15) is 24.7 Å². The zero-order chi connectivity index (χ0) is 12.1. The van der Waals surface area contributed by atoms with Crippen molar-refractivity contribution >= 4 is 29.1 Å². The summed E-state index contributed by atoms with van der Waals surface area (Å²) in [5.41, 5.74) is 1.71. The Labute approximate surface area is 106 Å². The molecule has 0 aliphatic heterocycles. The predicted molar refractivity (Wildman–Crippen MR) is 69.3 cm³/mol. The van der Waals surface area contributed by atoms with Crippen molar-refractivity contribution in [2.45, 2.75) is 26.2 Å². The van der Waals surface area contributed by atoms with Crippen LogP contribution in [0, 0.1) is 0 Å². The maximum absolute atomic E-state index is 11.7. The molecule has 1 heterocycles. The van der Waals surface area contributed by atoms with Crippen LogP contribution in [0.15, 0.2) is 0 Å². The van der Waals surface area contributed by atoms with Crippen molar-refractivity contribution in [3.63, 3.8) is 0 Å². The number of carbonyl (C=O) groups excluding carboxylic acids is 1. The van der Waals surface area contributed by atoms with Gasteiger partial charge in [-0.2, -0.15) is 16.9 Å². The molecule has 0 saturated heterocycles. The van der Waals surface area contributed by atoms with Crippen LogP contribution in [0.2, 0.25) is 5.02 Å². The number of aromatic nitrogens is 2. The summed E-state index contributed by atoms with van der Waals surface area (Å²) in [4.78, 5) is 11.7. The number of aryl methyl sites for hydroxylation is 2. The molecule has 0 bridgehead atoms. The van der Waals surface area contributed by atoms with E-state index >= 15 is 0 Å². The minimum atomic E-state index is 0.224. The fourth-order valence-electron chi connectivity index (χ4n) is 1.50. The van der Waals surface area contributed by atoms with E-state index in [1.165, 1.54) is 0 Å². The summed E-state index contributed by atoms with van der Waals surface area (Å²) in [5.74, 6) is 1.09. The molecule has 1 aromatic heterocycles. The second-order valence-electron chi connectivity index (χ2n) is 3.64. The lowest BCUT2D eigenvalue weighted by molar-refractivity contribution is -0.118. The normalized spacial score (nSPS) is 10.8. The monoisotopic (exact) mass is 260 g/mol. The van der Waals surface area contributed by atoms with Crippen LogP contribution in [-0.4, -0.2) is 27.6 Å². The fraction of sp³-hybridized carbons (Fsp3) is 0.636. The first-order chi connectivity index (χ1) is 7.60. The standard InChI is InChI=1S/C11H17ClN2OS/c1-4-9-11(12)10(14(2)13-9)7-8(15)5-6-16-3/h4-7H2,1-3H3. The van der Waals surface area contributed by atoms with Crippen LogP contribution in [0.25, 0.3) is 0 Å². The van der Waals surface area contributed by atoms with Gasteiger partial charge in [0.2, 0.25) is 0 Å². The van der Waals surface area contributed by atoms with Crippen LogP contribution in [0.5, 0.6) is 0 Å². The van der Waals surface area contributed by atoms with Crippen molar-refractivity contribution in [3.05, 3.63) is 16.4 Å². The fourth-order valence-corrected chi connectivity index (χ4v) is 2.30. The molecule has 1 aromatic rings. The zero-order valence-electron chi connectivity index (χ0n) is 9.92. The Bertz CT molecular complexity index is 376. The molecule has 3 nitrogen and oxygen atoms in total. The Balaban J connectivity index is 2.73. The first-order valence-corrected chi connectivity index (χ1v) is 7.08. The van der Waals surface area contributed by atoms with Gasteiger partial charge in [-0.25, -0.2) is 0 Å². The molecule has 0 radical (unpaired) electrons. The summed E-state index contributed by atoms with van der Waals surface area (Å²) in [6, 6.07) is 0. The number of hydrogen-bond acceptors (Lipinski definition) is 3. The molecule has 0 unspecified atom stereocenters. The van der Waals surface area contributed by atoms with E-state index in [2.05, 4.69) is 5.10 Å². The minimum absolute atomic E-state index is 0.224. The lowest BCUT2D eigenvalue weighted by atomic mass is 10.1. The molecule has 0 N–H and O–H groups in total. The number of halogens is 1. The molecule has 0 atom stereocenters. The molecule has 0 spiro atoms. The number of nitrogens with zero attached hydrogens (tertiary/aromatic N) is 2. The largest absolute Gasteiger partial charge is 0.299 e. The minimum Gasteiger partial charge on any atom is -0.299 e. The molecule has 1 rings (SSSR count). The Morgan fingerprint density at radius 3 is 2.75 bits per heavy atom. The third-order valence-corrected chi connectivity index (χ3v) is 3.50. The van der Waals surface area contributed by atoms with Gasteiger partial charge < -0.3 is 0 Å². The van der Waals surface area contributed by atoms with E-state index in [9.17, 15) is 4.79 Å². The second kappa shape index (κ2) is 6.30. The molecule has 5 heteroatoms. The molecule has 16 heavy (non-hydrogen) atoms. The average Bonchev–Trinajstić information content (AvgIpc) is 2.53. The van der Waals surface area contributed by atoms with Crippen LogP contribution >= 0.6 is 23.4 Å². The van der Waals surface area contributed by atoms with E-state index in [4.69, 9.17) is 11.6 Å². The van der Waals surface area contributed by atoms with Crippen molar-refractivity contribution in [2.24, 2.45) is 7.05 Å². The first kappa shape index (κ1) is 13.6. The summed E-state index contributed by atoms with van der Waals surface area (Å²) >= 11 is 7.85. The topological polar surface area (TPSA) is 34.9 Å². The van der Waals surface area contributed by atoms with Gasteiger partial charge >= 0.3 is 0 Å². The van der Waals surface area contributed by atoms with Gasteiger partial charge in [-0.05, 0) is 18.4 Å². The molecule has 0 aromatic carbocycles. The number of hydrogen-bond donors (Lipinski definition) is 0. The first-order valence-electron chi connectivity index (χ1n) is 5.31. The molecule has 0 amide bonds. The number of carbonyl (C=O) groups is 1. The van der Waals surface area contributed by atoms with Gasteiger partial charge in [-0.15, -0.1) is 0 Å². The van der Waals surface area contributed by atoms with Gasteiger partial charge in [0.1, 0.15) is 5.78 Å².